The summed E-state index contributed by atoms with van der Waals surface area (Å²) in [6.07, 6.45) is 2.05. The number of rotatable bonds is 3. The van der Waals surface area contributed by atoms with E-state index in [1.807, 2.05) is 44.3 Å². The zero-order valence-corrected chi connectivity index (χ0v) is 14.5. The van der Waals surface area contributed by atoms with Gasteiger partial charge in [-0.05, 0) is 31.7 Å². The molecule has 1 aromatic rings. The van der Waals surface area contributed by atoms with E-state index < -0.39 is 9.84 Å². The standard InChI is InChI=1S/C18H23NO3S/c1-13-8-9-16(15-10-11-23(21,22)17(13)15)18(20)19(2)12-14-6-4-3-5-7-14/h3-7,15-16H,8-12H2,1-2H3. The largest absolute Gasteiger partial charge is 0.341 e. The van der Waals surface area contributed by atoms with Gasteiger partial charge in [0.2, 0.25) is 5.91 Å². The fraction of sp³-hybridized carbons (Fsp3) is 0.500. The Morgan fingerprint density at radius 3 is 2.61 bits per heavy atom. The van der Waals surface area contributed by atoms with Crippen LogP contribution in [0.4, 0.5) is 0 Å². The maximum absolute atomic E-state index is 12.9. The molecule has 1 fully saturated rings. The van der Waals surface area contributed by atoms with Crippen LogP contribution in [0.3, 0.4) is 0 Å². The van der Waals surface area contributed by atoms with Crippen LogP contribution >= 0.6 is 0 Å². The highest BCUT2D eigenvalue weighted by Crippen LogP contribution is 2.45. The van der Waals surface area contributed by atoms with E-state index in [1.165, 1.54) is 0 Å². The molecule has 2 unspecified atom stereocenters. The molecule has 1 saturated heterocycles. The first-order valence-corrected chi connectivity index (χ1v) is 9.76. The molecule has 1 heterocycles. The summed E-state index contributed by atoms with van der Waals surface area (Å²) in [5.41, 5.74) is 2.05. The van der Waals surface area contributed by atoms with Crippen molar-refractivity contribution in [1.29, 1.82) is 0 Å². The van der Waals surface area contributed by atoms with E-state index in [1.54, 1.807) is 4.90 Å². The van der Waals surface area contributed by atoms with Crippen molar-refractivity contribution in [2.75, 3.05) is 12.8 Å². The van der Waals surface area contributed by atoms with Crippen molar-refractivity contribution in [2.45, 2.75) is 32.7 Å². The maximum Gasteiger partial charge on any atom is 0.226 e. The Balaban J connectivity index is 1.78. The average Bonchev–Trinajstić information content (AvgIpc) is 2.85. The molecule has 124 valence electrons. The number of carbonyl (C=O) groups is 1. The van der Waals surface area contributed by atoms with E-state index in [0.29, 0.717) is 24.3 Å². The van der Waals surface area contributed by atoms with Crippen LogP contribution in [-0.2, 0) is 21.2 Å². The van der Waals surface area contributed by atoms with Crippen LogP contribution in [0.2, 0.25) is 0 Å². The van der Waals surface area contributed by atoms with Gasteiger partial charge in [-0.3, -0.25) is 4.79 Å². The van der Waals surface area contributed by atoms with E-state index >= 15 is 0 Å². The van der Waals surface area contributed by atoms with E-state index in [4.69, 9.17) is 0 Å². The van der Waals surface area contributed by atoms with Crippen molar-refractivity contribution in [1.82, 2.24) is 4.90 Å². The Labute approximate surface area is 138 Å². The number of allylic oxidation sites excluding steroid dienone is 2. The summed E-state index contributed by atoms with van der Waals surface area (Å²) in [6.45, 7) is 2.47. The molecule has 5 heteroatoms. The Hall–Kier alpha value is -1.62. The molecular weight excluding hydrogens is 310 g/mol. The van der Waals surface area contributed by atoms with Crippen molar-refractivity contribution in [2.24, 2.45) is 11.8 Å². The van der Waals surface area contributed by atoms with Crippen molar-refractivity contribution in [3.63, 3.8) is 0 Å². The van der Waals surface area contributed by atoms with E-state index in [9.17, 15) is 13.2 Å². The monoisotopic (exact) mass is 333 g/mol. The van der Waals surface area contributed by atoms with Gasteiger partial charge in [-0.15, -0.1) is 0 Å². The number of carbonyl (C=O) groups excluding carboxylic acids is 1. The lowest BCUT2D eigenvalue weighted by Gasteiger charge is -2.32. The van der Waals surface area contributed by atoms with E-state index in [2.05, 4.69) is 0 Å². The van der Waals surface area contributed by atoms with Crippen LogP contribution in [-0.4, -0.2) is 32.0 Å². The lowest BCUT2D eigenvalue weighted by molar-refractivity contribution is -0.136. The normalized spacial score (nSPS) is 26.0. The second kappa shape index (κ2) is 6.11. The average molecular weight is 333 g/mol. The van der Waals surface area contributed by atoms with E-state index in [0.717, 1.165) is 17.6 Å². The Bertz CT molecular complexity index is 737. The highest BCUT2D eigenvalue weighted by atomic mass is 32.2. The lowest BCUT2D eigenvalue weighted by atomic mass is 9.78. The summed E-state index contributed by atoms with van der Waals surface area (Å²) in [7, 11) is -1.33. The zero-order valence-electron chi connectivity index (χ0n) is 13.7. The minimum atomic E-state index is -3.14. The number of hydrogen-bond donors (Lipinski definition) is 0. The van der Waals surface area contributed by atoms with Gasteiger partial charge in [0.05, 0.1) is 5.75 Å². The third-order valence-corrected chi connectivity index (χ3v) is 7.16. The fourth-order valence-electron chi connectivity index (χ4n) is 3.93. The number of hydrogen-bond acceptors (Lipinski definition) is 3. The molecule has 0 spiro atoms. The van der Waals surface area contributed by atoms with Gasteiger partial charge in [-0.1, -0.05) is 35.9 Å². The number of nitrogens with zero attached hydrogens (tertiary/aromatic N) is 1. The van der Waals surface area contributed by atoms with Crippen molar-refractivity contribution in [3.8, 4) is 0 Å². The predicted octanol–water partition coefficient (Wildman–Crippen LogP) is 2.76. The molecule has 0 bridgehead atoms. The molecule has 1 aliphatic carbocycles. The lowest BCUT2D eigenvalue weighted by Crippen LogP contribution is -2.38. The Morgan fingerprint density at radius 2 is 1.91 bits per heavy atom. The molecular formula is C18H23NO3S. The number of amides is 1. The smallest absolute Gasteiger partial charge is 0.226 e. The topological polar surface area (TPSA) is 54.5 Å². The summed E-state index contributed by atoms with van der Waals surface area (Å²) in [5, 5.41) is 0. The highest BCUT2D eigenvalue weighted by Gasteiger charge is 2.45. The van der Waals surface area contributed by atoms with Crippen LogP contribution in [0.15, 0.2) is 40.8 Å². The minimum Gasteiger partial charge on any atom is -0.341 e. The molecule has 1 aliphatic heterocycles. The SMILES string of the molecule is CC1=C2C(CCS2(=O)=O)C(C(=O)N(C)Cc2ccccc2)CC1. The van der Waals surface area contributed by atoms with Crippen LogP contribution in [0.25, 0.3) is 0 Å². The second-order valence-corrected chi connectivity index (χ2v) is 8.76. The quantitative estimate of drug-likeness (QED) is 0.855. The number of fused-ring (bicyclic) bond motifs is 1. The van der Waals surface area contributed by atoms with Gasteiger partial charge in [-0.2, -0.15) is 0 Å². The third kappa shape index (κ3) is 3.07. The van der Waals surface area contributed by atoms with Crippen molar-refractivity contribution < 1.29 is 13.2 Å². The molecule has 0 N–H and O–H groups in total. The van der Waals surface area contributed by atoms with Crippen molar-refractivity contribution >= 4 is 15.7 Å². The van der Waals surface area contributed by atoms with Gasteiger partial charge in [0.25, 0.3) is 0 Å². The molecule has 1 aromatic carbocycles. The van der Waals surface area contributed by atoms with Gasteiger partial charge in [0.15, 0.2) is 9.84 Å². The first-order chi connectivity index (χ1) is 10.9. The third-order valence-electron chi connectivity index (χ3n) is 5.06. The molecule has 0 saturated carbocycles. The molecule has 3 rings (SSSR count). The summed E-state index contributed by atoms with van der Waals surface area (Å²) in [6, 6.07) is 9.88. The number of benzene rings is 1. The number of sulfone groups is 1. The Kier molecular flexibility index (Phi) is 4.32. The Morgan fingerprint density at radius 1 is 1.22 bits per heavy atom. The molecule has 4 nitrogen and oxygen atoms in total. The minimum absolute atomic E-state index is 0.0703. The zero-order chi connectivity index (χ0) is 16.6. The van der Waals surface area contributed by atoms with Gasteiger partial charge in [0.1, 0.15) is 0 Å². The highest BCUT2D eigenvalue weighted by molar-refractivity contribution is 7.95. The van der Waals surface area contributed by atoms with Crippen LogP contribution < -0.4 is 0 Å². The summed E-state index contributed by atoms with van der Waals surface area (Å²) < 4.78 is 24.5. The van der Waals surface area contributed by atoms with Crippen LogP contribution in [0.1, 0.15) is 31.7 Å². The van der Waals surface area contributed by atoms with Gasteiger partial charge in [-0.25, -0.2) is 8.42 Å². The fourth-order valence-corrected chi connectivity index (χ4v) is 6.09. The molecule has 2 atom stereocenters. The van der Waals surface area contributed by atoms with Gasteiger partial charge < -0.3 is 4.90 Å². The maximum atomic E-state index is 12.9. The first-order valence-electron chi connectivity index (χ1n) is 8.11. The molecule has 0 aromatic heterocycles. The second-order valence-electron chi connectivity index (χ2n) is 6.68. The summed E-state index contributed by atoms with van der Waals surface area (Å²) >= 11 is 0. The van der Waals surface area contributed by atoms with Gasteiger partial charge >= 0.3 is 0 Å². The van der Waals surface area contributed by atoms with E-state index in [-0.39, 0.29) is 23.5 Å². The van der Waals surface area contributed by atoms with Crippen LogP contribution in [0.5, 0.6) is 0 Å². The molecule has 1 amide bonds. The van der Waals surface area contributed by atoms with Crippen LogP contribution in [0, 0.1) is 11.8 Å². The summed E-state index contributed by atoms with van der Waals surface area (Å²) in [4.78, 5) is 15.2. The first kappa shape index (κ1) is 16.2. The summed E-state index contributed by atoms with van der Waals surface area (Å²) in [5.74, 6) is -0.0450. The molecule has 2 aliphatic rings. The van der Waals surface area contributed by atoms with Crippen molar-refractivity contribution in [3.05, 3.63) is 46.4 Å². The molecule has 0 radical (unpaired) electrons. The predicted molar refractivity (Wildman–Crippen MR) is 90.2 cm³/mol. The molecule has 23 heavy (non-hydrogen) atoms. The van der Waals surface area contributed by atoms with Gasteiger partial charge in [0, 0.05) is 30.3 Å².